The van der Waals surface area contributed by atoms with Crippen molar-refractivity contribution in [2.75, 3.05) is 26.2 Å². The van der Waals surface area contributed by atoms with E-state index < -0.39 is 0 Å². The molecule has 2 aliphatic heterocycles. The van der Waals surface area contributed by atoms with E-state index in [1.807, 2.05) is 0 Å². The molecular weight excluding hydrogens is 254 g/mol. The van der Waals surface area contributed by atoms with Gasteiger partial charge in [-0.3, -0.25) is 4.90 Å². The first-order valence-corrected chi connectivity index (χ1v) is 8.19. The van der Waals surface area contributed by atoms with Crippen molar-refractivity contribution in [1.29, 1.82) is 0 Å². The summed E-state index contributed by atoms with van der Waals surface area (Å²) in [6.07, 6.45) is 7.96. The van der Waals surface area contributed by atoms with Crippen LogP contribution in [0.5, 0.6) is 0 Å². The lowest BCUT2D eigenvalue weighted by atomic mass is 9.98. The number of hydrogen-bond acceptors (Lipinski definition) is 4. The van der Waals surface area contributed by atoms with E-state index in [0.29, 0.717) is 6.10 Å². The van der Waals surface area contributed by atoms with Gasteiger partial charge in [-0.15, -0.1) is 0 Å². The molecule has 20 heavy (non-hydrogen) atoms. The first-order chi connectivity index (χ1) is 9.50. The number of rotatable bonds is 3. The van der Waals surface area contributed by atoms with Crippen LogP contribution < -0.4 is 0 Å². The summed E-state index contributed by atoms with van der Waals surface area (Å²) in [6.45, 7) is 7.06. The molecular formula is C16H29NO3. The number of aliphatic hydroxyl groups is 1. The molecule has 1 N–H and O–H groups in total. The Morgan fingerprint density at radius 3 is 2.55 bits per heavy atom. The molecule has 0 aromatic carbocycles. The van der Waals surface area contributed by atoms with Gasteiger partial charge in [0.15, 0.2) is 0 Å². The second-order valence-corrected chi connectivity index (χ2v) is 7.54. The second-order valence-electron chi connectivity index (χ2n) is 7.54. The van der Waals surface area contributed by atoms with Crippen LogP contribution in [0, 0.1) is 0 Å². The number of hydrogen-bond donors (Lipinski definition) is 1. The minimum Gasteiger partial charge on any atom is -0.394 e. The average molecular weight is 283 g/mol. The van der Waals surface area contributed by atoms with Crippen molar-refractivity contribution in [3.63, 3.8) is 0 Å². The van der Waals surface area contributed by atoms with E-state index in [1.165, 1.54) is 38.5 Å². The Kier molecular flexibility index (Phi) is 4.10. The van der Waals surface area contributed by atoms with Crippen molar-refractivity contribution in [2.24, 2.45) is 0 Å². The molecule has 116 valence electrons. The van der Waals surface area contributed by atoms with E-state index in [0.717, 1.165) is 19.6 Å². The van der Waals surface area contributed by atoms with Crippen LogP contribution in [0.1, 0.15) is 52.4 Å². The zero-order valence-corrected chi connectivity index (χ0v) is 12.9. The number of aliphatic hydroxyl groups excluding tert-OH is 1. The molecule has 4 nitrogen and oxygen atoms in total. The third-order valence-corrected chi connectivity index (χ3v) is 5.07. The summed E-state index contributed by atoms with van der Waals surface area (Å²) in [7, 11) is 0. The van der Waals surface area contributed by atoms with Crippen LogP contribution in [0.15, 0.2) is 0 Å². The van der Waals surface area contributed by atoms with Crippen molar-refractivity contribution in [3.8, 4) is 0 Å². The van der Waals surface area contributed by atoms with Crippen LogP contribution in [0.4, 0.5) is 0 Å². The van der Waals surface area contributed by atoms with E-state index in [1.54, 1.807) is 0 Å². The number of nitrogens with zero attached hydrogens (tertiary/aromatic N) is 1. The van der Waals surface area contributed by atoms with Crippen molar-refractivity contribution < 1.29 is 14.6 Å². The summed E-state index contributed by atoms with van der Waals surface area (Å²) in [6, 6.07) is 0. The zero-order chi connectivity index (χ0) is 14.2. The van der Waals surface area contributed by atoms with Crippen molar-refractivity contribution in [3.05, 3.63) is 0 Å². The van der Waals surface area contributed by atoms with E-state index in [4.69, 9.17) is 9.47 Å². The SMILES string of the molecule is CC1(C)CN(CC2CCC3(CCCC3)O2)CC(CO)O1. The first kappa shape index (κ1) is 14.8. The molecule has 2 heterocycles. The molecule has 3 aliphatic rings. The third-order valence-electron chi connectivity index (χ3n) is 5.07. The van der Waals surface area contributed by atoms with Crippen molar-refractivity contribution in [1.82, 2.24) is 4.90 Å². The predicted molar refractivity (Wildman–Crippen MR) is 77.8 cm³/mol. The summed E-state index contributed by atoms with van der Waals surface area (Å²) >= 11 is 0. The van der Waals surface area contributed by atoms with Crippen LogP contribution in [0.2, 0.25) is 0 Å². The van der Waals surface area contributed by atoms with Gasteiger partial charge in [0, 0.05) is 19.6 Å². The molecule has 1 aliphatic carbocycles. The summed E-state index contributed by atoms with van der Waals surface area (Å²) in [4.78, 5) is 2.42. The summed E-state index contributed by atoms with van der Waals surface area (Å²) in [5, 5.41) is 9.39. The molecule has 0 amide bonds. The Labute approximate surface area is 122 Å². The molecule has 1 spiro atoms. The van der Waals surface area contributed by atoms with E-state index >= 15 is 0 Å². The molecule has 0 radical (unpaired) electrons. The molecule has 0 aromatic heterocycles. The maximum atomic E-state index is 9.39. The maximum Gasteiger partial charge on any atom is 0.0940 e. The molecule has 4 heteroatoms. The molecule has 1 saturated carbocycles. The van der Waals surface area contributed by atoms with Crippen LogP contribution >= 0.6 is 0 Å². The molecule has 0 bridgehead atoms. The van der Waals surface area contributed by atoms with Crippen molar-refractivity contribution >= 4 is 0 Å². The van der Waals surface area contributed by atoms with Gasteiger partial charge >= 0.3 is 0 Å². The van der Waals surface area contributed by atoms with Crippen LogP contribution in [-0.4, -0.2) is 59.7 Å². The van der Waals surface area contributed by atoms with Gasteiger partial charge in [-0.2, -0.15) is 0 Å². The normalized spacial score (nSPS) is 36.8. The summed E-state index contributed by atoms with van der Waals surface area (Å²) < 4.78 is 12.3. The highest BCUT2D eigenvalue weighted by Gasteiger charge is 2.43. The monoisotopic (exact) mass is 283 g/mol. The largest absolute Gasteiger partial charge is 0.394 e. The smallest absolute Gasteiger partial charge is 0.0940 e. The standard InChI is InChI=1S/C16H29NO3/c1-15(2)12-17(10-14(11-18)19-15)9-13-5-8-16(20-13)6-3-4-7-16/h13-14,18H,3-12H2,1-2H3. The molecule has 3 fully saturated rings. The Morgan fingerprint density at radius 1 is 1.10 bits per heavy atom. The zero-order valence-electron chi connectivity index (χ0n) is 12.9. The summed E-state index contributed by atoms with van der Waals surface area (Å²) in [5.41, 5.74) is 0.0537. The topological polar surface area (TPSA) is 41.9 Å². The van der Waals surface area contributed by atoms with Gasteiger partial charge in [0.05, 0.1) is 30.0 Å². The predicted octanol–water partition coefficient (Wildman–Crippen LogP) is 1.95. The quantitative estimate of drug-likeness (QED) is 0.859. The second kappa shape index (κ2) is 5.56. The van der Waals surface area contributed by atoms with Crippen LogP contribution in [0.3, 0.4) is 0 Å². The van der Waals surface area contributed by atoms with Gasteiger partial charge in [-0.1, -0.05) is 12.8 Å². The minimum absolute atomic E-state index is 0.0550. The van der Waals surface area contributed by atoms with Gasteiger partial charge in [0.1, 0.15) is 0 Å². The Hall–Kier alpha value is -0.160. The number of morpholine rings is 1. The van der Waals surface area contributed by atoms with E-state index in [2.05, 4.69) is 18.7 Å². The maximum absolute atomic E-state index is 9.39. The van der Waals surface area contributed by atoms with Gasteiger partial charge in [0.25, 0.3) is 0 Å². The molecule has 2 unspecified atom stereocenters. The Balaban J connectivity index is 1.55. The third kappa shape index (κ3) is 3.19. The highest BCUT2D eigenvalue weighted by molar-refractivity contribution is 4.94. The lowest BCUT2D eigenvalue weighted by Gasteiger charge is -2.43. The van der Waals surface area contributed by atoms with Crippen LogP contribution in [-0.2, 0) is 9.47 Å². The lowest BCUT2D eigenvalue weighted by molar-refractivity contribution is -0.156. The fourth-order valence-electron chi connectivity index (χ4n) is 4.35. The Bertz CT molecular complexity index is 339. The highest BCUT2D eigenvalue weighted by atomic mass is 16.5. The Morgan fingerprint density at radius 2 is 1.85 bits per heavy atom. The van der Waals surface area contributed by atoms with Gasteiger partial charge < -0.3 is 14.6 Å². The average Bonchev–Trinajstić information content (AvgIpc) is 2.98. The van der Waals surface area contributed by atoms with Crippen molar-refractivity contribution in [2.45, 2.75) is 75.8 Å². The van der Waals surface area contributed by atoms with Gasteiger partial charge in [-0.25, -0.2) is 0 Å². The van der Waals surface area contributed by atoms with E-state index in [-0.39, 0.29) is 23.9 Å². The fraction of sp³-hybridized carbons (Fsp3) is 1.00. The summed E-state index contributed by atoms with van der Waals surface area (Å²) in [5.74, 6) is 0. The fourth-order valence-corrected chi connectivity index (χ4v) is 4.35. The van der Waals surface area contributed by atoms with Gasteiger partial charge in [0.2, 0.25) is 0 Å². The highest BCUT2D eigenvalue weighted by Crippen LogP contribution is 2.43. The van der Waals surface area contributed by atoms with Gasteiger partial charge in [-0.05, 0) is 39.5 Å². The first-order valence-electron chi connectivity index (χ1n) is 8.19. The molecule has 3 rings (SSSR count). The van der Waals surface area contributed by atoms with Crippen LogP contribution in [0.25, 0.3) is 0 Å². The number of ether oxygens (including phenoxy) is 2. The molecule has 2 saturated heterocycles. The minimum atomic E-state index is -0.171. The molecule has 0 aromatic rings. The molecule has 2 atom stereocenters. The lowest BCUT2D eigenvalue weighted by Crippen LogP contribution is -2.55. The van der Waals surface area contributed by atoms with E-state index in [9.17, 15) is 5.11 Å².